The Kier molecular flexibility index (Phi) is 8.39. The molecule has 0 spiro atoms. The van der Waals surface area contributed by atoms with Gasteiger partial charge in [-0.2, -0.15) is 0 Å². The SMILES string of the molecule is Cc1ccc(C)c(-n2c(CNC(=O)c3cc(Br)ccc3Cl)nnc2SCC(=O)Nc2nnc(C)s2)c1. The van der Waals surface area contributed by atoms with E-state index in [1.807, 2.05) is 43.5 Å². The molecule has 186 valence electrons. The summed E-state index contributed by atoms with van der Waals surface area (Å²) < 4.78 is 2.61. The fourth-order valence-corrected chi connectivity index (χ4v) is 5.21. The van der Waals surface area contributed by atoms with Gasteiger partial charge in [0.05, 0.1) is 28.6 Å². The third-order valence-electron chi connectivity index (χ3n) is 4.99. The monoisotopic (exact) mass is 605 g/mol. The van der Waals surface area contributed by atoms with Gasteiger partial charge in [-0.1, -0.05) is 62.8 Å². The van der Waals surface area contributed by atoms with E-state index >= 15 is 0 Å². The normalized spacial score (nSPS) is 10.9. The zero-order valence-electron chi connectivity index (χ0n) is 19.5. The number of rotatable bonds is 8. The summed E-state index contributed by atoms with van der Waals surface area (Å²) in [5, 5.41) is 24.2. The predicted molar refractivity (Wildman–Crippen MR) is 145 cm³/mol. The molecule has 0 radical (unpaired) electrons. The van der Waals surface area contributed by atoms with Gasteiger partial charge in [0.1, 0.15) is 5.01 Å². The smallest absolute Gasteiger partial charge is 0.253 e. The Bertz CT molecular complexity index is 1440. The van der Waals surface area contributed by atoms with E-state index in [0.717, 1.165) is 26.3 Å². The number of amides is 2. The lowest BCUT2D eigenvalue weighted by molar-refractivity contribution is -0.113. The number of thioether (sulfide) groups is 1. The molecular formula is C23H21BrClN7O2S2. The van der Waals surface area contributed by atoms with Crippen LogP contribution in [-0.2, 0) is 11.3 Å². The summed E-state index contributed by atoms with van der Waals surface area (Å²) in [6, 6.07) is 11.1. The third-order valence-corrected chi connectivity index (χ3v) is 7.50. The summed E-state index contributed by atoms with van der Waals surface area (Å²) in [4.78, 5) is 25.3. The Balaban J connectivity index is 1.56. The van der Waals surface area contributed by atoms with Crippen LogP contribution in [0, 0.1) is 20.8 Å². The number of carbonyl (C=O) groups is 2. The molecule has 36 heavy (non-hydrogen) atoms. The van der Waals surface area contributed by atoms with Gasteiger partial charge in [0.15, 0.2) is 11.0 Å². The highest BCUT2D eigenvalue weighted by Gasteiger charge is 2.19. The van der Waals surface area contributed by atoms with Crippen LogP contribution >= 0.6 is 50.6 Å². The Labute approximate surface area is 229 Å². The molecular weight excluding hydrogens is 586 g/mol. The molecule has 13 heteroatoms. The molecule has 4 aromatic rings. The maximum atomic E-state index is 12.8. The molecule has 2 heterocycles. The van der Waals surface area contributed by atoms with Gasteiger partial charge in [0.2, 0.25) is 11.0 Å². The first kappa shape index (κ1) is 26.3. The topological polar surface area (TPSA) is 115 Å². The fraction of sp³-hybridized carbons (Fsp3) is 0.217. The summed E-state index contributed by atoms with van der Waals surface area (Å²) in [5.74, 6) is 0.0520. The number of anilines is 1. The molecule has 0 atom stereocenters. The maximum absolute atomic E-state index is 12.8. The van der Waals surface area contributed by atoms with Crippen molar-refractivity contribution in [3.05, 3.63) is 73.4 Å². The molecule has 4 rings (SSSR count). The van der Waals surface area contributed by atoms with Gasteiger partial charge in [0.25, 0.3) is 5.91 Å². The standard InChI is InChI=1S/C23H21BrClN7O2S2/c1-12-4-5-13(2)18(8-12)32-19(10-26-21(34)16-9-15(24)6-7-17(16)25)29-31-23(32)35-11-20(33)27-22-30-28-14(3)36-22/h4-9H,10-11H2,1-3H3,(H,26,34)(H,27,30,33). The van der Waals surface area contributed by atoms with Crippen molar-refractivity contribution >= 4 is 67.6 Å². The van der Waals surface area contributed by atoms with Crippen molar-refractivity contribution in [2.75, 3.05) is 11.1 Å². The zero-order chi connectivity index (χ0) is 25.8. The van der Waals surface area contributed by atoms with Gasteiger partial charge in [0, 0.05) is 4.47 Å². The highest BCUT2D eigenvalue weighted by molar-refractivity contribution is 9.10. The van der Waals surface area contributed by atoms with Crippen LogP contribution < -0.4 is 10.6 Å². The maximum Gasteiger partial charge on any atom is 0.253 e. The average Bonchev–Trinajstić information content (AvgIpc) is 3.44. The van der Waals surface area contributed by atoms with Crippen LogP contribution in [0.1, 0.15) is 32.3 Å². The van der Waals surface area contributed by atoms with Crippen LogP contribution in [-0.4, -0.2) is 42.5 Å². The van der Waals surface area contributed by atoms with E-state index in [4.69, 9.17) is 11.6 Å². The lowest BCUT2D eigenvalue weighted by Gasteiger charge is -2.14. The van der Waals surface area contributed by atoms with E-state index < -0.39 is 0 Å². The molecule has 2 aromatic heterocycles. The molecule has 2 amide bonds. The van der Waals surface area contributed by atoms with Crippen molar-refractivity contribution < 1.29 is 9.59 Å². The molecule has 0 aliphatic rings. The second kappa shape index (κ2) is 11.5. The Hall–Kier alpha value is -2.80. The van der Waals surface area contributed by atoms with Crippen LogP contribution in [0.15, 0.2) is 46.0 Å². The molecule has 0 aliphatic carbocycles. The number of halogens is 2. The van der Waals surface area contributed by atoms with Crippen molar-refractivity contribution in [3.63, 3.8) is 0 Å². The number of benzene rings is 2. The van der Waals surface area contributed by atoms with Gasteiger partial charge < -0.3 is 5.32 Å². The van der Waals surface area contributed by atoms with E-state index in [-0.39, 0.29) is 24.1 Å². The number of hydrogen-bond donors (Lipinski definition) is 2. The summed E-state index contributed by atoms with van der Waals surface area (Å²) in [6.45, 7) is 5.91. The van der Waals surface area contributed by atoms with Crippen molar-refractivity contribution in [2.24, 2.45) is 0 Å². The number of aromatic nitrogens is 5. The van der Waals surface area contributed by atoms with Crippen LogP contribution in [0.5, 0.6) is 0 Å². The summed E-state index contributed by atoms with van der Waals surface area (Å²) in [6.07, 6.45) is 0. The number of hydrogen-bond acceptors (Lipinski definition) is 8. The van der Waals surface area contributed by atoms with Crippen LogP contribution in [0.3, 0.4) is 0 Å². The number of aryl methyl sites for hydroxylation is 3. The lowest BCUT2D eigenvalue weighted by atomic mass is 10.1. The lowest BCUT2D eigenvalue weighted by Crippen LogP contribution is -2.25. The molecule has 0 aliphatic heterocycles. The first-order valence-electron chi connectivity index (χ1n) is 10.7. The van der Waals surface area contributed by atoms with Crippen molar-refractivity contribution in [3.8, 4) is 5.69 Å². The van der Waals surface area contributed by atoms with Gasteiger partial charge in [-0.3, -0.25) is 19.5 Å². The zero-order valence-corrected chi connectivity index (χ0v) is 23.5. The molecule has 2 N–H and O–H groups in total. The number of carbonyl (C=O) groups excluding carboxylic acids is 2. The molecule has 2 aromatic carbocycles. The fourth-order valence-electron chi connectivity index (χ4n) is 3.27. The average molecular weight is 607 g/mol. The number of nitrogens with zero attached hydrogens (tertiary/aromatic N) is 5. The minimum atomic E-state index is -0.335. The molecule has 0 fully saturated rings. The second-order valence-corrected chi connectivity index (χ2v) is 11.2. The van der Waals surface area contributed by atoms with E-state index in [9.17, 15) is 9.59 Å². The quantitative estimate of drug-likeness (QED) is 0.268. The molecule has 0 saturated carbocycles. The van der Waals surface area contributed by atoms with Gasteiger partial charge in [-0.25, -0.2) is 0 Å². The van der Waals surface area contributed by atoms with Gasteiger partial charge >= 0.3 is 0 Å². The first-order valence-corrected chi connectivity index (χ1v) is 13.7. The predicted octanol–water partition coefficient (Wildman–Crippen LogP) is 5.12. The highest BCUT2D eigenvalue weighted by atomic mass is 79.9. The largest absolute Gasteiger partial charge is 0.345 e. The minimum Gasteiger partial charge on any atom is -0.345 e. The van der Waals surface area contributed by atoms with Crippen molar-refractivity contribution in [1.29, 1.82) is 0 Å². The van der Waals surface area contributed by atoms with E-state index in [1.165, 1.54) is 23.1 Å². The minimum absolute atomic E-state index is 0.0988. The highest BCUT2D eigenvalue weighted by Crippen LogP contribution is 2.26. The van der Waals surface area contributed by atoms with Crippen LogP contribution in [0.4, 0.5) is 5.13 Å². The Morgan fingerprint density at radius 1 is 1.08 bits per heavy atom. The van der Waals surface area contributed by atoms with Crippen molar-refractivity contribution in [1.82, 2.24) is 30.3 Å². The molecule has 0 saturated heterocycles. The number of nitrogens with one attached hydrogen (secondary N) is 2. The van der Waals surface area contributed by atoms with Crippen LogP contribution in [0.25, 0.3) is 5.69 Å². The van der Waals surface area contributed by atoms with Gasteiger partial charge in [-0.15, -0.1) is 20.4 Å². The van der Waals surface area contributed by atoms with Crippen LogP contribution in [0.2, 0.25) is 5.02 Å². The molecule has 0 unspecified atom stereocenters. The first-order chi connectivity index (χ1) is 17.2. The Morgan fingerprint density at radius 3 is 2.64 bits per heavy atom. The van der Waals surface area contributed by atoms with E-state index in [1.54, 1.807) is 18.2 Å². The Morgan fingerprint density at radius 2 is 1.89 bits per heavy atom. The third kappa shape index (κ3) is 6.30. The van der Waals surface area contributed by atoms with E-state index in [2.05, 4.69) is 47.0 Å². The summed E-state index contributed by atoms with van der Waals surface area (Å²) in [5.41, 5.74) is 3.27. The second-order valence-electron chi connectivity index (χ2n) is 7.79. The summed E-state index contributed by atoms with van der Waals surface area (Å²) in [7, 11) is 0. The summed E-state index contributed by atoms with van der Waals surface area (Å²) >= 11 is 12.1. The van der Waals surface area contributed by atoms with Gasteiger partial charge in [-0.05, 0) is 56.2 Å². The molecule has 9 nitrogen and oxygen atoms in total. The molecule has 0 bridgehead atoms. The van der Waals surface area contributed by atoms with Crippen molar-refractivity contribution in [2.45, 2.75) is 32.5 Å². The van der Waals surface area contributed by atoms with E-state index in [0.29, 0.717) is 26.7 Å².